The third-order valence-electron chi connectivity index (χ3n) is 5.30. The maximum absolute atomic E-state index is 12.5. The number of hydrogen-bond donors (Lipinski definition) is 2. The monoisotopic (exact) mass is 444 g/mol. The van der Waals surface area contributed by atoms with E-state index in [9.17, 15) is 14.9 Å². The number of nitrogens with zero attached hydrogens (tertiary/aromatic N) is 2. The van der Waals surface area contributed by atoms with Gasteiger partial charge in [0.05, 0.1) is 18.7 Å². The van der Waals surface area contributed by atoms with Gasteiger partial charge >= 0.3 is 0 Å². The Morgan fingerprint density at radius 2 is 2.07 bits per heavy atom. The van der Waals surface area contributed by atoms with Crippen LogP contribution in [0.3, 0.4) is 0 Å². The molecule has 30 heavy (non-hydrogen) atoms. The van der Waals surface area contributed by atoms with E-state index in [0.29, 0.717) is 36.6 Å². The summed E-state index contributed by atoms with van der Waals surface area (Å²) in [5.41, 5.74) is 1.78. The van der Waals surface area contributed by atoms with Crippen molar-refractivity contribution in [3.8, 4) is 6.07 Å². The minimum absolute atomic E-state index is 0.0422. The molecular weight excluding hydrogens is 416 g/mol. The largest absolute Gasteiger partial charge is 0.350 e. The van der Waals surface area contributed by atoms with Gasteiger partial charge in [-0.1, -0.05) is 19.4 Å². The van der Waals surface area contributed by atoms with E-state index in [1.54, 1.807) is 22.7 Å². The average molecular weight is 445 g/mol. The van der Waals surface area contributed by atoms with E-state index in [1.165, 1.54) is 11.3 Å². The third kappa shape index (κ3) is 6.14. The van der Waals surface area contributed by atoms with E-state index in [0.717, 1.165) is 36.1 Å². The number of hydrogen-bond acceptors (Lipinski definition) is 6. The fraction of sp³-hybridized carbons (Fsp3) is 0.500. The molecule has 2 N–H and O–H groups in total. The zero-order valence-electron chi connectivity index (χ0n) is 17.3. The van der Waals surface area contributed by atoms with E-state index in [-0.39, 0.29) is 18.4 Å². The van der Waals surface area contributed by atoms with Crippen LogP contribution in [-0.4, -0.2) is 36.3 Å². The van der Waals surface area contributed by atoms with Crippen LogP contribution < -0.4 is 10.6 Å². The van der Waals surface area contributed by atoms with Gasteiger partial charge in [0.2, 0.25) is 11.8 Å². The molecule has 0 aromatic carbocycles. The number of rotatable bonds is 9. The molecule has 0 unspecified atom stereocenters. The second-order valence-corrected chi connectivity index (χ2v) is 9.54. The van der Waals surface area contributed by atoms with Gasteiger partial charge in [0, 0.05) is 22.7 Å². The summed E-state index contributed by atoms with van der Waals surface area (Å²) in [6.07, 6.45) is 5.66. The number of nitriles is 1. The lowest BCUT2D eigenvalue weighted by Crippen LogP contribution is -2.38. The predicted octanol–water partition coefficient (Wildman–Crippen LogP) is 3.92. The van der Waals surface area contributed by atoms with Crippen LogP contribution in [0.25, 0.3) is 0 Å². The Bertz CT molecular complexity index is 899. The lowest BCUT2D eigenvalue weighted by atomic mass is 10.1. The van der Waals surface area contributed by atoms with Crippen molar-refractivity contribution in [2.24, 2.45) is 0 Å². The fourth-order valence-electron chi connectivity index (χ4n) is 3.60. The van der Waals surface area contributed by atoms with Crippen LogP contribution in [0.1, 0.15) is 53.5 Å². The third-order valence-corrected chi connectivity index (χ3v) is 7.38. The highest BCUT2D eigenvalue weighted by Gasteiger charge is 2.21. The molecule has 0 atom stereocenters. The average Bonchev–Trinajstić information content (AvgIpc) is 3.31. The molecule has 160 valence electrons. The molecule has 0 saturated heterocycles. The van der Waals surface area contributed by atoms with Crippen LogP contribution >= 0.6 is 22.7 Å². The normalized spacial score (nSPS) is 13.4. The second kappa shape index (κ2) is 11.3. The predicted molar refractivity (Wildman–Crippen MR) is 122 cm³/mol. The quantitative estimate of drug-likeness (QED) is 0.574. The van der Waals surface area contributed by atoms with Crippen LogP contribution in [0.5, 0.6) is 0 Å². The maximum Gasteiger partial charge on any atom is 0.234 e. The van der Waals surface area contributed by atoms with Crippen molar-refractivity contribution in [3.63, 3.8) is 0 Å². The minimum atomic E-state index is -0.111. The molecule has 0 spiro atoms. The van der Waals surface area contributed by atoms with E-state index in [4.69, 9.17) is 0 Å². The molecule has 0 bridgehead atoms. The molecule has 0 fully saturated rings. The van der Waals surface area contributed by atoms with E-state index >= 15 is 0 Å². The second-order valence-electron chi connectivity index (χ2n) is 7.40. The number of carbonyl (C=O) groups excluding carboxylic acids is 2. The highest BCUT2D eigenvalue weighted by atomic mass is 32.1. The van der Waals surface area contributed by atoms with Crippen LogP contribution in [0.4, 0.5) is 5.00 Å². The molecule has 2 amide bonds. The smallest absolute Gasteiger partial charge is 0.234 e. The van der Waals surface area contributed by atoms with E-state index < -0.39 is 0 Å². The van der Waals surface area contributed by atoms with Crippen LogP contribution in [0, 0.1) is 11.3 Å². The molecule has 3 rings (SSSR count). The standard InChI is InChI=1S/C22H28N4O2S2/c1-2-26(15-21(28)24-14-16-7-6-12-29-16)11-10-20(27)25-22-18(13-23)17-8-4-3-5-9-19(17)30-22/h6-7,12H,2-5,8-11,14-15H2,1H3,(H,24,28)(H,25,27). The molecule has 1 aliphatic carbocycles. The zero-order valence-corrected chi connectivity index (χ0v) is 19.0. The van der Waals surface area contributed by atoms with Gasteiger partial charge in [-0.25, -0.2) is 0 Å². The molecule has 6 nitrogen and oxygen atoms in total. The molecule has 1 aliphatic rings. The number of carbonyl (C=O) groups is 2. The van der Waals surface area contributed by atoms with Gasteiger partial charge in [0.25, 0.3) is 0 Å². The fourth-order valence-corrected chi connectivity index (χ4v) is 5.51. The lowest BCUT2D eigenvalue weighted by molar-refractivity contribution is -0.123. The van der Waals surface area contributed by atoms with Crippen LogP contribution in [0.2, 0.25) is 0 Å². The van der Waals surface area contributed by atoms with E-state index in [2.05, 4.69) is 16.7 Å². The van der Waals surface area contributed by atoms with Crippen LogP contribution in [-0.2, 0) is 29.0 Å². The number of amides is 2. The van der Waals surface area contributed by atoms with Gasteiger partial charge in [-0.05, 0) is 49.2 Å². The van der Waals surface area contributed by atoms with Crippen LogP contribution in [0.15, 0.2) is 17.5 Å². The molecule has 0 aliphatic heterocycles. The van der Waals surface area contributed by atoms with Gasteiger partial charge < -0.3 is 10.6 Å². The Morgan fingerprint density at radius 1 is 1.23 bits per heavy atom. The van der Waals surface area contributed by atoms with Crippen molar-refractivity contribution in [1.29, 1.82) is 5.26 Å². The number of thiophene rings is 2. The number of nitrogens with one attached hydrogen (secondary N) is 2. The summed E-state index contributed by atoms with van der Waals surface area (Å²) in [6, 6.07) is 6.26. The van der Waals surface area contributed by atoms with Gasteiger partial charge in [-0.2, -0.15) is 5.26 Å². The maximum atomic E-state index is 12.5. The lowest BCUT2D eigenvalue weighted by Gasteiger charge is -2.19. The molecule has 2 heterocycles. The Labute approximate surface area is 185 Å². The van der Waals surface area contributed by atoms with Gasteiger partial charge in [-0.15, -0.1) is 22.7 Å². The SMILES string of the molecule is CCN(CCC(=O)Nc1sc2c(c1C#N)CCCCC2)CC(=O)NCc1cccs1. The topological polar surface area (TPSA) is 85.2 Å². The first kappa shape index (κ1) is 22.5. The summed E-state index contributed by atoms with van der Waals surface area (Å²) in [6.45, 7) is 3.98. The molecular formula is C22H28N4O2S2. The highest BCUT2D eigenvalue weighted by Crippen LogP contribution is 2.37. The Morgan fingerprint density at radius 3 is 2.80 bits per heavy atom. The number of fused-ring (bicyclic) bond motifs is 1. The number of aryl methyl sites for hydroxylation is 1. The Hall–Kier alpha value is -2.21. The van der Waals surface area contributed by atoms with Gasteiger partial charge in [-0.3, -0.25) is 14.5 Å². The summed E-state index contributed by atoms with van der Waals surface area (Å²) >= 11 is 3.17. The molecule has 0 radical (unpaired) electrons. The van der Waals surface area contributed by atoms with Crippen molar-refractivity contribution < 1.29 is 9.59 Å². The number of anilines is 1. The molecule has 2 aromatic rings. The molecule has 0 saturated carbocycles. The summed E-state index contributed by atoms with van der Waals surface area (Å²) in [4.78, 5) is 29.0. The molecule has 8 heteroatoms. The first-order valence-electron chi connectivity index (χ1n) is 10.5. The van der Waals surface area contributed by atoms with Crippen molar-refractivity contribution in [1.82, 2.24) is 10.2 Å². The summed E-state index contributed by atoms with van der Waals surface area (Å²) in [5.74, 6) is -0.153. The zero-order chi connectivity index (χ0) is 21.3. The Kier molecular flexibility index (Phi) is 8.43. The number of likely N-dealkylation sites (N-methyl/N-ethyl adjacent to an activating group) is 1. The highest BCUT2D eigenvalue weighted by molar-refractivity contribution is 7.16. The first-order chi connectivity index (χ1) is 14.6. The van der Waals surface area contributed by atoms with Crippen molar-refractivity contribution >= 4 is 39.5 Å². The Balaban J connectivity index is 1.48. The van der Waals surface area contributed by atoms with Crippen molar-refractivity contribution in [2.75, 3.05) is 25.0 Å². The van der Waals surface area contributed by atoms with Crippen molar-refractivity contribution in [2.45, 2.75) is 52.0 Å². The molecule has 2 aromatic heterocycles. The minimum Gasteiger partial charge on any atom is -0.350 e. The summed E-state index contributed by atoms with van der Waals surface area (Å²) in [7, 11) is 0. The van der Waals surface area contributed by atoms with E-state index in [1.807, 2.05) is 29.3 Å². The van der Waals surface area contributed by atoms with Gasteiger partial charge in [0.1, 0.15) is 11.1 Å². The summed E-state index contributed by atoms with van der Waals surface area (Å²) < 4.78 is 0. The first-order valence-corrected chi connectivity index (χ1v) is 12.2. The van der Waals surface area contributed by atoms with Crippen molar-refractivity contribution in [3.05, 3.63) is 38.4 Å². The van der Waals surface area contributed by atoms with Gasteiger partial charge in [0.15, 0.2) is 0 Å². The summed E-state index contributed by atoms with van der Waals surface area (Å²) in [5, 5.41) is 18.1.